The lowest BCUT2D eigenvalue weighted by Gasteiger charge is -2.19. The first-order chi connectivity index (χ1) is 9.72. The predicted octanol–water partition coefficient (Wildman–Crippen LogP) is 3.66. The minimum absolute atomic E-state index is 0.308. The summed E-state index contributed by atoms with van der Waals surface area (Å²) < 4.78 is 0. The molecule has 1 atom stereocenters. The standard InChI is InChI=1S/C16H21N3S/c1-11-10-20-16(19-11)12(2)18-9-13-5-6-15-14(8-13)4-3-7-17-15/h5-6,8,10,12,17-18H,3-4,7,9H2,1-2H3. The summed E-state index contributed by atoms with van der Waals surface area (Å²) in [6, 6.07) is 7.06. The second-order valence-corrected chi connectivity index (χ2v) is 6.34. The Kier molecular flexibility index (Phi) is 4.03. The smallest absolute Gasteiger partial charge is 0.110 e. The van der Waals surface area contributed by atoms with Crippen molar-refractivity contribution in [3.63, 3.8) is 0 Å². The van der Waals surface area contributed by atoms with Gasteiger partial charge in [-0.1, -0.05) is 12.1 Å². The van der Waals surface area contributed by atoms with Crippen LogP contribution in [0.1, 0.15) is 41.2 Å². The van der Waals surface area contributed by atoms with Gasteiger partial charge in [-0.2, -0.15) is 0 Å². The number of thiazole rings is 1. The monoisotopic (exact) mass is 287 g/mol. The number of benzene rings is 1. The number of nitrogens with one attached hydrogen (secondary N) is 2. The maximum Gasteiger partial charge on any atom is 0.110 e. The van der Waals surface area contributed by atoms with E-state index < -0.39 is 0 Å². The zero-order valence-electron chi connectivity index (χ0n) is 12.1. The van der Waals surface area contributed by atoms with Crippen molar-refractivity contribution >= 4 is 17.0 Å². The molecular weight excluding hydrogens is 266 g/mol. The van der Waals surface area contributed by atoms with Crippen LogP contribution in [0.2, 0.25) is 0 Å². The maximum absolute atomic E-state index is 4.54. The first kappa shape index (κ1) is 13.6. The van der Waals surface area contributed by atoms with Crippen molar-refractivity contribution in [3.05, 3.63) is 45.4 Å². The van der Waals surface area contributed by atoms with Gasteiger partial charge in [-0.25, -0.2) is 4.98 Å². The van der Waals surface area contributed by atoms with Gasteiger partial charge < -0.3 is 10.6 Å². The van der Waals surface area contributed by atoms with E-state index in [4.69, 9.17) is 0 Å². The average molecular weight is 287 g/mol. The lowest BCUT2D eigenvalue weighted by molar-refractivity contribution is 0.570. The fraction of sp³-hybridized carbons (Fsp3) is 0.438. The number of aryl methyl sites for hydroxylation is 2. The van der Waals surface area contributed by atoms with Crippen LogP contribution in [0, 0.1) is 6.92 Å². The van der Waals surface area contributed by atoms with Gasteiger partial charge in [0.1, 0.15) is 5.01 Å². The van der Waals surface area contributed by atoms with Crippen molar-refractivity contribution in [3.8, 4) is 0 Å². The van der Waals surface area contributed by atoms with Crippen molar-refractivity contribution in [2.24, 2.45) is 0 Å². The molecule has 0 spiro atoms. The number of fused-ring (bicyclic) bond motifs is 1. The van der Waals surface area contributed by atoms with Crippen LogP contribution in [0.5, 0.6) is 0 Å². The Morgan fingerprint density at radius 3 is 3.15 bits per heavy atom. The van der Waals surface area contributed by atoms with E-state index in [0.717, 1.165) is 18.8 Å². The van der Waals surface area contributed by atoms with E-state index in [-0.39, 0.29) is 0 Å². The van der Waals surface area contributed by atoms with E-state index >= 15 is 0 Å². The van der Waals surface area contributed by atoms with E-state index in [9.17, 15) is 0 Å². The Bertz CT molecular complexity index is 591. The summed E-state index contributed by atoms with van der Waals surface area (Å²) >= 11 is 1.73. The molecule has 1 aromatic heterocycles. The van der Waals surface area contributed by atoms with Crippen LogP contribution in [-0.2, 0) is 13.0 Å². The number of nitrogens with zero attached hydrogens (tertiary/aromatic N) is 1. The van der Waals surface area contributed by atoms with Crippen LogP contribution in [-0.4, -0.2) is 11.5 Å². The first-order valence-electron chi connectivity index (χ1n) is 7.23. The van der Waals surface area contributed by atoms with Gasteiger partial charge in [0.2, 0.25) is 0 Å². The molecule has 0 radical (unpaired) electrons. The molecule has 1 aromatic carbocycles. The highest BCUT2D eigenvalue weighted by Crippen LogP contribution is 2.23. The number of hydrogen-bond acceptors (Lipinski definition) is 4. The number of anilines is 1. The molecule has 0 aliphatic carbocycles. The van der Waals surface area contributed by atoms with Gasteiger partial charge in [0.15, 0.2) is 0 Å². The van der Waals surface area contributed by atoms with Crippen LogP contribution in [0.15, 0.2) is 23.6 Å². The van der Waals surface area contributed by atoms with Gasteiger partial charge in [-0.3, -0.25) is 0 Å². The van der Waals surface area contributed by atoms with Gasteiger partial charge in [-0.15, -0.1) is 11.3 Å². The molecule has 2 aromatic rings. The lowest BCUT2D eigenvalue weighted by Crippen LogP contribution is -2.18. The fourth-order valence-corrected chi connectivity index (χ4v) is 3.40. The molecule has 3 nitrogen and oxygen atoms in total. The molecule has 0 bridgehead atoms. The average Bonchev–Trinajstić information content (AvgIpc) is 2.91. The number of hydrogen-bond donors (Lipinski definition) is 2. The highest BCUT2D eigenvalue weighted by Gasteiger charge is 2.11. The minimum atomic E-state index is 0.308. The normalized spacial score (nSPS) is 15.5. The molecule has 3 rings (SSSR count). The van der Waals surface area contributed by atoms with E-state index in [0.29, 0.717) is 6.04 Å². The van der Waals surface area contributed by atoms with Gasteiger partial charge in [0, 0.05) is 29.9 Å². The minimum Gasteiger partial charge on any atom is -0.385 e. The Labute approximate surface area is 124 Å². The summed E-state index contributed by atoms with van der Waals surface area (Å²) in [5.74, 6) is 0. The second-order valence-electron chi connectivity index (χ2n) is 5.45. The molecule has 106 valence electrons. The topological polar surface area (TPSA) is 37.0 Å². The molecule has 1 aliphatic rings. The molecule has 1 aliphatic heterocycles. The molecule has 4 heteroatoms. The Balaban J connectivity index is 1.63. The Morgan fingerprint density at radius 1 is 1.45 bits per heavy atom. The quantitative estimate of drug-likeness (QED) is 0.901. The van der Waals surface area contributed by atoms with Gasteiger partial charge in [0.05, 0.1) is 6.04 Å². The Morgan fingerprint density at radius 2 is 2.35 bits per heavy atom. The molecule has 0 fully saturated rings. The second kappa shape index (κ2) is 5.94. The summed E-state index contributed by atoms with van der Waals surface area (Å²) in [6.07, 6.45) is 2.43. The van der Waals surface area contributed by atoms with Crippen LogP contribution in [0.25, 0.3) is 0 Å². The molecule has 2 N–H and O–H groups in total. The molecule has 20 heavy (non-hydrogen) atoms. The molecule has 0 saturated heterocycles. The van der Waals surface area contributed by atoms with Crippen LogP contribution < -0.4 is 10.6 Å². The predicted molar refractivity (Wildman–Crippen MR) is 85.4 cm³/mol. The summed E-state index contributed by atoms with van der Waals surface area (Å²) in [5, 5.41) is 10.3. The van der Waals surface area contributed by atoms with Crippen LogP contribution in [0.3, 0.4) is 0 Å². The lowest BCUT2D eigenvalue weighted by atomic mass is 10.0. The van der Waals surface area contributed by atoms with Crippen molar-refractivity contribution in [1.29, 1.82) is 0 Å². The van der Waals surface area contributed by atoms with Gasteiger partial charge in [0.25, 0.3) is 0 Å². The third-order valence-electron chi connectivity index (χ3n) is 3.73. The van der Waals surface area contributed by atoms with Gasteiger partial charge >= 0.3 is 0 Å². The summed E-state index contributed by atoms with van der Waals surface area (Å²) in [6.45, 7) is 6.22. The van der Waals surface area contributed by atoms with Crippen LogP contribution >= 0.6 is 11.3 Å². The van der Waals surface area contributed by atoms with E-state index in [1.54, 1.807) is 11.3 Å². The molecule has 0 amide bonds. The maximum atomic E-state index is 4.54. The third-order valence-corrected chi connectivity index (χ3v) is 4.87. The van der Waals surface area contributed by atoms with Crippen molar-refractivity contribution < 1.29 is 0 Å². The Hall–Kier alpha value is -1.39. The van der Waals surface area contributed by atoms with E-state index in [1.807, 2.05) is 6.92 Å². The molecule has 1 unspecified atom stereocenters. The largest absolute Gasteiger partial charge is 0.385 e. The zero-order valence-corrected chi connectivity index (χ0v) is 12.9. The molecular formula is C16H21N3S. The van der Waals surface area contributed by atoms with Crippen molar-refractivity contribution in [2.45, 2.75) is 39.3 Å². The highest BCUT2D eigenvalue weighted by atomic mass is 32.1. The van der Waals surface area contributed by atoms with E-state index in [1.165, 1.54) is 34.7 Å². The van der Waals surface area contributed by atoms with Crippen molar-refractivity contribution in [2.75, 3.05) is 11.9 Å². The highest BCUT2D eigenvalue weighted by molar-refractivity contribution is 7.09. The fourth-order valence-electron chi connectivity index (χ4n) is 2.57. The van der Waals surface area contributed by atoms with Crippen LogP contribution in [0.4, 0.5) is 5.69 Å². The molecule has 2 heterocycles. The summed E-state index contributed by atoms with van der Waals surface area (Å²) in [5.41, 5.74) is 5.22. The molecule has 0 saturated carbocycles. The summed E-state index contributed by atoms with van der Waals surface area (Å²) in [4.78, 5) is 4.54. The zero-order chi connectivity index (χ0) is 13.9. The van der Waals surface area contributed by atoms with E-state index in [2.05, 4.69) is 46.1 Å². The first-order valence-corrected chi connectivity index (χ1v) is 8.11. The van der Waals surface area contributed by atoms with Gasteiger partial charge in [-0.05, 0) is 43.9 Å². The van der Waals surface area contributed by atoms with Crippen molar-refractivity contribution in [1.82, 2.24) is 10.3 Å². The number of aromatic nitrogens is 1. The number of rotatable bonds is 4. The summed E-state index contributed by atoms with van der Waals surface area (Å²) in [7, 11) is 0. The third kappa shape index (κ3) is 3.02. The SMILES string of the molecule is Cc1csc(C(C)NCc2ccc3c(c2)CCCN3)n1.